The number of nitrogens with two attached hydrogens (primary N) is 1. The first kappa shape index (κ1) is 15.6. The first-order chi connectivity index (χ1) is 9.92. The van der Waals surface area contributed by atoms with Crippen LogP contribution in [0.3, 0.4) is 0 Å². The Labute approximate surface area is 124 Å². The number of hydrazine groups is 1. The van der Waals surface area contributed by atoms with Crippen molar-refractivity contribution in [2.45, 2.75) is 33.2 Å². The predicted octanol–water partition coefficient (Wildman–Crippen LogP) is 3.64. The monoisotopic (exact) mass is 290 g/mol. The first-order valence-corrected chi connectivity index (χ1v) is 6.90. The van der Waals surface area contributed by atoms with Crippen LogP contribution in [0.25, 0.3) is 0 Å². The summed E-state index contributed by atoms with van der Waals surface area (Å²) in [6, 6.07) is 8.12. The van der Waals surface area contributed by atoms with Gasteiger partial charge in [-0.15, -0.1) is 0 Å². The Bertz CT molecular complexity index is 653. The number of nitrogens with one attached hydrogen (secondary N) is 1. The van der Waals surface area contributed by atoms with Gasteiger partial charge in [0.2, 0.25) is 0 Å². The van der Waals surface area contributed by atoms with Crippen LogP contribution in [-0.4, -0.2) is 0 Å². The van der Waals surface area contributed by atoms with Crippen molar-refractivity contribution in [3.05, 3.63) is 69.8 Å². The minimum Gasteiger partial charge on any atom is -0.271 e. The maximum atomic E-state index is 14.0. The summed E-state index contributed by atoms with van der Waals surface area (Å²) in [5, 5.41) is 0. The van der Waals surface area contributed by atoms with Gasteiger partial charge in [0.1, 0.15) is 11.6 Å². The lowest BCUT2D eigenvalue weighted by Crippen LogP contribution is -2.30. The van der Waals surface area contributed by atoms with Crippen LogP contribution in [0.2, 0.25) is 0 Å². The normalized spacial score (nSPS) is 12.5. The molecule has 0 aliphatic rings. The molecule has 0 spiro atoms. The molecule has 0 saturated carbocycles. The lowest BCUT2D eigenvalue weighted by Gasteiger charge is -2.18. The number of benzene rings is 2. The van der Waals surface area contributed by atoms with Crippen LogP contribution in [0.4, 0.5) is 8.78 Å². The second kappa shape index (κ2) is 6.33. The molecule has 3 N–H and O–H groups in total. The number of rotatable bonds is 4. The molecule has 0 amide bonds. The summed E-state index contributed by atoms with van der Waals surface area (Å²) < 4.78 is 27.3. The van der Waals surface area contributed by atoms with Gasteiger partial charge in [-0.3, -0.25) is 11.3 Å². The van der Waals surface area contributed by atoms with Gasteiger partial charge >= 0.3 is 0 Å². The van der Waals surface area contributed by atoms with E-state index in [-0.39, 0.29) is 0 Å². The van der Waals surface area contributed by atoms with E-state index in [1.807, 2.05) is 26.0 Å². The fraction of sp³-hybridized carbons (Fsp3) is 0.294. The fourth-order valence-electron chi connectivity index (χ4n) is 2.37. The third kappa shape index (κ3) is 3.46. The summed E-state index contributed by atoms with van der Waals surface area (Å²) in [5.41, 5.74) is 6.86. The second-order valence-corrected chi connectivity index (χ2v) is 5.46. The summed E-state index contributed by atoms with van der Waals surface area (Å²) >= 11 is 0. The lowest BCUT2D eigenvalue weighted by molar-refractivity contribution is 0.500. The number of hydrogen-bond donors (Lipinski definition) is 2. The molecule has 0 aliphatic carbocycles. The molecule has 2 aromatic rings. The highest BCUT2D eigenvalue weighted by atomic mass is 19.1. The quantitative estimate of drug-likeness (QED) is 0.666. The maximum Gasteiger partial charge on any atom is 0.130 e. The van der Waals surface area contributed by atoms with Gasteiger partial charge in [-0.2, -0.15) is 0 Å². The molecule has 112 valence electrons. The number of halogens is 2. The van der Waals surface area contributed by atoms with Crippen molar-refractivity contribution in [3.8, 4) is 0 Å². The van der Waals surface area contributed by atoms with Crippen molar-refractivity contribution in [1.82, 2.24) is 5.43 Å². The molecule has 2 aromatic carbocycles. The largest absolute Gasteiger partial charge is 0.271 e. The highest BCUT2D eigenvalue weighted by molar-refractivity contribution is 5.33. The molecule has 2 nitrogen and oxygen atoms in total. The Kier molecular flexibility index (Phi) is 4.70. The van der Waals surface area contributed by atoms with Gasteiger partial charge < -0.3 is 0 Å². The maximum absolute atomic E-state index is 14.0. The first-order valence-electron chi connectivity index (χ1n) is 6.90. The van der Waals surface area contributed by atoms with E-state index < -0.39 is 17.7 Å². The molecule has 1 atom stereocenters. The minimum absolute atomic E-state index is 0.384. The molecule has 1 unspecified atom stereocenters. The Morgan fingerprint density at radius 3 is 2.29 bits per heavy atom. The van der Waals surface area contributed by atoms with Crippen molar-refractivity contribution >= 4 is 0 Å². The van der Waals surface area contributed by atoms with Crippen LogP contribution >= 0.6 is 0 Å². The summed E-state index contributed by atoms with van der Waals surface area (Å²) in [6.45, 7) is 5.69. The third-order valence-electron chi connectivity index (χ3n) is 3.87. The smallest absolute Gasteiger partial charge is 0.130 e. The molecule has 0 saturated heterocycles. The molecule has 0 aliphatic heterocycles. The predicted molar refractivity (Wildman–Crippen MR) is 80.8 cm³/mol. The average molecular weight is 290 g/mol. The molecule has 0 fully saturated rings. The Morgan fingerprint density at radius 1 is 0.952 bits per heavy atom. The fourth-order valence-corrected chi connectivity index (χ4v) is 2.37. The van der Waals surface area contributed by atoms with Crippen LogP contribution < -0.4 is 11.3 Å². The van der Waals surface area contributed by atoms with Gasteiger partial charge in [-0.25, -0.2) is 8.78 Å². The van der Waals surface area contributed by atoms with E-state index in [0.29, 0.717) is 17.5 Å². The third-order valence-corrected chi connectivity index (χ3v) is 3.87. The molecule has 0 bridgehead atoms. The van der Waals surface area contributed by atoms with Crippen LogP contribution in [0.1, 0.15) is 33.9 Å². The lowest BCUT2D eigenvalue weighted by atomic mass is 9.95. The Morgan fingerprint density at radius 2 is 1.67 bits per heavy atom. The van der Waals surface area contributed by atoms with Crippen molar-refractivity contribution in [2.75, 3.05) is 0 Å². The molecule has 2 rings (SSSR count). The zero-order valence-electron chi connectivity index (χ0n) is 12.5. The van der Waals surface area contributed by atoms with Crippen molar-refractivity contribution in [1.29, 1.82) is 0 Å². The van der Waals surface area contributed by atoms with Gasteiger partial charge in [-0.1, -0.05) is 18.2 Å². The minimum atomic E-state index is -0.579. The van der Waals surface area contributed by atoms with Gasteiger partial charge in [0.15, 0.2) is 0 Å². The molecule has 0 radical (unpaired) electrons. The molecule has 0 aromatic heterocycles. The average Bonchev–Trinajstić information content (AvgIpc) is 2.44. The Hall–Kier alpha value is -1.78. The molecule has 0 heterocycles. The van der Waals surface area contributed by atoms with E-state index in [1.54, 1.807) is 6.92 Å². The number of aryl methyl sites for hydroxylation is 3. The van der Waals surface area contributed by atoms with E-state index in [9.17, 15) is 8.78 Å². The van der Waals surface area contributed by atoms with E-state index in [0.717, 1.165) is 11.6 Å². The molecular weight excluding hydrogens is 270 g/mol. The standard InChI is InChI=1S/C17H20F2N2/c1-10-4-5-13(6-11(10)2)8-17(21-20)14-7-12(3)15(18)9-16(14)19/h4-7,9,17,21H,8,20H2,1-3H3. The second-order valence-electron chi connectivity index (χ2n) is 5.46. The van der Waals surface area contributed by atoms with Gasteiger partial charge in [-0.05, 0) is 55.5 Å². The van der Waals surface area contributed by atoms with Gasteiger partial charge in [0.05, 0.1) is 6.04 Å². The zero-order valence-corrected chi connectivity index (χ0v) is 12.5. The van der Waals surface area contributed by atoms with Crippen molar-refractivity contribution < 1.29 is 8.78 Å². The van der Waals surface area contributed by atoms with Crippen molar-refractivity contribution in [3.63, 3.8) is 0 Å². The highest BCUT2D eigenvalue weighted by Gasteiger charge is 2.17. The van der Waals surface area contributed by atoms with E-state index >= 15 is 0 Å². The summed E-state index contributed by atoms with van der Waals surface area (Å²) in [6.07, 6.45) is 0.541. The SMILES string of the molecule is Cc1ccc(CC(NN)c2cc(C)c(F)cc2F)cc1C. The molecular formula is C17H20F2N2. The highest BCUT2D eigenvalue weighted by Crippen LogP contribution is 2.24. The van der Waals surface area contributed by atoms with Crippen LogP contribution in [0.15, 0.2) is 30.3 Å². The Balaban J connectivity index is 2.31. The summed E-state index contributed by atoms with van der Waals surface area (Å²) in [5.74, 6) is 4.45. The molecule has 21 heavy (non-hydrogen) atoms. The van der Waals surface area contributed by atoms with E-state index in [4.69, 9.17) is 5.84 Å². The van der Waals surface area contributed by atoms with E-state index in [2.05, 4.69) is 11.5 Å². The zero-order chi connectivity index (χ0) is 15.6. The van der Waals surface area contributed by atoms with Crippen LogP contribution in [0.5, 0.6) is 0 Å². The van der Waals surface area contributed by atoms with Crippen molar-refractivity contribution in [2.24, 2.45) is 5.84 Å². The summed E-state index contributed by atoms with van der Waals surface area (Å²) in [7, 11) is 0. The van der Waals surface area contributed by atoms with Crippen LogP contribution in [0, 0.1) is 32.4 Å². The van der Waals surface area contributed by atoms with Crippen LogP contribution in [-0.2, 0) is 6.42 Å². The number of hydrogen-bond acceptors (Lipinski definition) is 2. The van der Waals surface area contributed by atoms with Gasteiger partial charge in [0, 0.05) is 11.6 Å². The topological polar surface area (TPSA) is 38.0 Å². The van der Waals surface area contributed by atoms with E-state index in [1.165, 1.54) is 17.2 Å². The molecule has 4 heteroatoms. The van der Waals surface area contributed by atoms with Gasteiger partial charge in [0.25, 0.3) is 0 Å². The summed E-state index contributed by atoms with van der Waals surface area (Å²) in [4.78, 5) is 0.